The van der Waals surface area contributed by atoms with Crippen molar-refractivity contribution in [2.45, 2.75) is 31.5 Å². The van der Waals surface area contributed by atoms with Crippen LogP contribution >= 0.6 is 11.3 Å². The molecule has 2 aliphatic heterocycles. The van der Waals surface area contributed by atoms with Crippen LogP contribution in [-0.4, -0.2) is 37.2 Å². The number of piperazine rings is 1. The van der Waals surface area contributed by atoms with Crippen LogP contribution in [-0.2, 0) is 6.54 Å². The molecule has 0 saturated carbocycles. The van der Waals surface area contributed by atoms with Crippen molar-refractivity contribution >= 4 is 17.0 Å². The van der Waals surface area contributed by atoms with Crippen LogP contribution in [0, 0.1) is 0 Å². The molecule has 2 unspecified atom stereocenters. The Labute approximate surface area is 136 Å². The molecule has 22 heavy (non-hydrogen) atoms. The van der Waals surface area contributed by atoms with Gasteiger partial charge in [0.15, 0.2) is 0 Å². The quantitative estimate of drug-likeness (QED) is 0.857. The van der Waals surface area contributed by atoms with Gasteiger partial charge < -0.3 is 9.64 Å². The maximum Gasteiger partial charge on any atom is 0.119 e. The molecule has 116 valence electrons. The Kier molecular flexibility index (Phi) is 3.80. The molecule has 2 bridgehead atoms. The lowest BCUT2D eigenvalue weighted by Crippen LogP contribution is -2.53. The van der Waals surface area contributed by atoms with Crippen LogP contribution < -0.4 is 9.64 Å². The summed E-state index contributed by atoms with van der Waals surface area (Å²) in [5.74, 6) is 0.933. The largest absolute Gasteiger partial charge is 0.497 e. The Balaban J connectivity index is 1.47. The van der Waals surface area contributed by atoms with Gasteiger partial charge in [0.05, 0.1) is 7.11 Å². The molecule has 0 amide bonds. The van der Waals surface area contributed by atoms with Crippen molar-refractivity contribution in [2.75, 3.05) is 25.1 Å². The van der Waals surface area contributed by atoms with Crippen LogP contribution in [0.15, 0.2) is 41.8 Å². The van der Waals surface area contributed by atoms with Gasteiger partial charge in [-0.3, -0.25) is 4.90 Å². The van der Waals surface area contributed by atoms with E-state index in [1.807, 2.05) is 11.3 Å². The topological polar surface area (TPSA) is 15.7 Å². The van der Waals surface area contributed by atoms with E-state index in [0.29, 0.717) is 12.1 Å². The van der Waals surface area contributed by atoms with Crippen molar-refractivity contribution in [1.29, 1.82) is 0 Å². The second kappa shape index (κ2) is 5.94. The molecule has 0 N–H and O–H groups in total. The van der Waals surface area contributed by atoms with Gasteiger partial charge in [-0.1, -0.05) is 6.07 Å². The number of methoxy groups -OCH3 is 1. The maximum absolute atomic E-state index is 5.26. The van der Waals surface area contributed by atoms with Crippen molar-refractivity contribution in [2.24, 2.45) is 0 Å². The molecule has 2 aromatic rings. The molecule has 2 fully saturated rings. The Bertz CT molecular complexity index is 597. The minimum Gasteiger partial charge on any atom is -0.497 e. The summed E-state index contributed by atoms with van der Waals surface area (Å²) in [5.41, 5.74) is 1.33. The number of rotatable bonds is 4. The lowest BCUT2D eigenvalue weighted by molar-refractivity contribution is 0.162. The van der Waals surface area contributed by atoms with Crippen LogP contribution in [0.2, 0.25) is 0 Å². The van der Waals surface area contributed by atoms with E-state index in [2.05, 4.69) is 51.6 Å². The third-order valence-corrected chi connectivity index (χ3v) is 5.85. The van der Waals surface area contributed by atoms with Crippen LogP contribution in [0.25, 0.3) is 0 Å². The number of thiophene rings is 1. The Morgan fingerprint density at radius 1 is 1.09 bits per heavy atom. The molecule has 0 radical (unpaired) electrons. The molecule has 4 rings (SSSR count). The molecule has 2 atom stereocenters. The van der Waals surface area contributed by atoms with E-state index < -0.39 is 0 Å². The van der Waals surface area contributed by atoms with Crippen molar-refractivity contribution in [3.63, 3.8) is 0 Å². The number of hydrogen-bond acceptors (Lipinski definition) is 4. The summed E-state index contributed by atoms with van der Waals surface area (Å²) in [6, 6.07) is 14.3. The van der Waals surface area contributed by atoms with E-state index in [4.69, 9.17) is 4.74 Å². The van der Waals surface area contributed by atoms with Crippen LogP contribution in [0.4, 0.5) is 5.69 Å². The Morgan fingerprint density at radius 3 is 2.41 bits per heavy atom. The van der Waals surface area contributed by atoms with Crippen LogP contribution in [0.5, 0.6) is 5.75 Å². The normalized spacial score (nSPS) is 24.7. The lowest BCUT2D eigenvalue weighted by atomic mass is 10.1. The SMILES string of the molecule is COc1ccc(N2CC3CCC(C2)N3Cc2cccs2)cc1. The van der Waals surface area contributed by atoms with E-state index in [0.717, 1.165) is 25.4 Å². The maximum atomic E-state index is 5.26. The molecule has 2 saturated heterocycles. The van der Waals surface area contributed by atoms with Crippen molar-refractivity contribution in [3.8, 4) is 5.75 Å². The molecular formula is C18H22N2OS. The zero-order valence-electron chi connectivity index (χ0n) is 12.9. The van der Waals surface area contributed by atoms with E-state index in [9.17, 15) is 0 Å². The fraction of sp³-hybridized carbons (Fsp3) is 0.444. The number of benzene rings is 1. The molecular weight excluding hydrogens is 292 g/mol. The minimum absolute atomic E-state index is 0.697. The molecule has 1 aromatic heterocycles. The third kappa shape index (κ3) is 2.61. The number of fused-ring (bicyclic) bond motifs is 2. The molecule has 1 aromatic carbocycles. The van der Waals surface area contributed by atoms with Gasteiger partial charge in [0.25, 0.3) is 0 Å². The summed E-state index contributed by atoms with van der Waals surface area (Å²) >= 11 is 1.88. The first kappa shape index (κ1) is 14.1. The molecule has 3 heterocycles. The highest BCUT2D eigenvalue weighted by Gasteiger charge is 2.39. The van der Waals surface area contributed by atoms with Crippen molar-refractivity contribution in [3.05, 3.63) is 46.7 Å². The standard InChI is InChI=1S/C18H22N2OS/c1-21-17-8-6-14(7-9-17)19-11-15-4-5-16(12-19)20(15)13-18-3-2-10-22-18/h2-3,6-10,15-16H,4-5,11-13H2,1H3. The Morgan fingerprint density at radius 2 is 1.82 bits per heavy atom. The van der Waals surface area contributed by atoms with Crippen molar-refractivity contribution in [1.82, 2.24) is 4.90 Å². The summed E-state index contributed by atoms with van der Waals surface area (Å²) in [5, 5.41) is 2.19. The molecule has 2 aliphatic rings. The van der Waals surface area contributed by atoms with Gasteiger partial charge in [-0.05, 0) is 48.6 Å². The van der Waals surface area contributed by atoms with Gasteiger partial charge in [-0.25, -0.2) is 0 Å². The summed E-state index contributed by atoms with van der Waals surface area (Å²) in [6.45, 7) is 3.42. The second-order valence-electron chi connectivity index (χ2n) is 6.24. The molecule has 0 spiro atoms. The van der Waals surface area contributed by atoms with Crippen LogP contribution in [0.1, 0.15) is 17.7 Å². The van der Waals surface area contributed by atoms with E-state index in [1.165, 1.54) is 23.4 Å². The molecule has 4 heteroatoms. The highest BCUT2D eigenvalue weighted by molar-refractivity contribution is 7.09. The molecule has 3 nitrogen and oxygen atoms in total. The van der Waals surface area contributed by atoms with Gasteiger partial charge in [0.2, 0.25) is 0 Å². The zero-order valence-corrected chi connectivity index (χ0v) is 13.8. The smallest absolute Gasteiger partial charge is 0.119 e. The first-order chi connectivity index (χ1) is 10.8. The third-order valence-electron chi connectivity index (χ3n) is 4.99. The minimum atomic E-state index is 0.697. The average molecular weight is 314 g/mol. The summed E-state index contributed by atoms with van der Waals surface area (Å²) in [4.78, 5) is 6.77. The van der Waals surface area contributed by atoms with Gasteiger partial charge in [0, 0.05) is 42.3 Å². The number of ether oxygens (including phenoxy) is 1. The second-order valence-corrected chi connectivity index (χ2v) is 7.27. The van der Waals surface area contributed by atoms with Gasteiger partial charge >= 0.3 is 0 Å². The van der Waals surface area contributed by atoms with E-state index >= 15 is 0 Å². The zero-order chi connectivity index (χ0) is 14.9. The average Bonchev–Trinajstić information content (AvgIpc) is 3.14. The highest BCUT2D eigenvalue weighted by atomic mass is 32.1. The summed E-state index contributed by atoms with van der Waals surface area (Å²) in [6.07, 6.45) is 2.67. The first-order valence-corrected chi connectivity index (χ1v) is 8.88. The van der Waals surface area contributed by atoms with E-state index in [1.54, 1.807) is 7.11 Å². The van der Waals surface area contributed by atoms with Crippen molar-refractivity contribution < 1.29 is 4.74 Å². The number of nitrogens with zero attached hydrogens (tertiary/aromatic N) is 2. The summed E-state index contributed by atoms with van der Waals surface area (Å²) in [7, 11) is 1.72. The van der Waals surface area contributed by atoms with E-state index in [-0.39, 0.29) is 0 Å². The predicted molar refractivity (Wildman–Crippen MR) is 91.9 cm³/mol. The number of hydrogen-bond donors (Lipinski definition) is 0. The first-order valence-electron chi connectivity index (χ1n) is 8.00. The lowest BCUT2D eigenvalue weighted by Gasteiger charge is -2.42. The van der Waals surface area contributed by atoms with Crippen LogP contribution in [0.3, 0.4) is 0 Å². The predicted octanol–water partition coefficient (Wildman–Crippen LogP) is 3.61. The number of anilines is 1. The monoisotopic (exact) mass is 314 g/mol. The van der Waals surface area contributed by atoms with Gasteiger partial charge in [0.1, 0.15) is 5.75 Å². The summed E-state index contributed by atoms with van der Waals surface area (Å²) < 4.78 is 5.26. The van der Waals surface area contributed by atoms with Gasteiger partial charge in [-0.15, -0.1) is 11.3 Å². The fourth-order valence-electron chi connectivity index (χ4n) is 3.83. The molecule has 0 aliphatic carbocycles. The highest BCUT2D eigenvalue weighted by Crippen LogP contribution is 2.34. The fourth-order valence-corrected chi connectivity index (χ4v) is 4.55. The Hall–Kier alpha value is -1.52. The van der Waals surface area contributed by atoms with Gasteiger partial charge in [-0.2, -0.15) is 0 Å².